The van der Waals surface area contributed by atoms with E-state index in [4.69, 9.17) is 5.73 Å². The molecule has 0 bridgehead atoms. The first-order valence-electron chi connectivity index (χ1n) is 6.72. The van der Waals surface area contributed by atoms with E-state index in [2.05, 4.69) is 14.9 Å². The lowest BCUT2D eigenvalue weighted by atomic mass is 10.0. The number of nitrogens with zero attached hydrogens (tertiary/aromatic N) is 1. The summed E-state index contributed by atoms with van der Waals surface area (Å²) in [4.78, 5) is 0. The van der Waals surface area contributed by atoms with Gasteiger partial charge in [-0.05, 0) is 43.9 Å². The quantitative estimate of drug-likeness (QED) is 0.713. The zero-order chi connectivity index (χ0) is 13.7. The van der Waals surface area contributed by atoms with E-state index in [-0.39, 0.29) is 17.0 Å². The molecule has 4 N–H and O–H groups in total. The smallest absolute Gasteiger partial charge is 0.260 e. The highest BCUT2D eigenvalue weighted by molar-refractivity contribution is 7.89. The van der Waals surface area contributed by atoms with Crippen LogP contribution >= 0.6 is 0 Å². The van der Waals surface area contributed by atoms with Crippen LogP contribution in [0.1, 0.15) is 36.9 Å². The molecule has 0 saturated heterocycles. The van der Waals surface area contributed by atoms with Crippen LogP contribution < -0.4 is 10.5 Å². The molecule has 7 heteroatoms. The van der Waals surface area contributed by atoms with Gasteiger partial charge in [-0.25, -0.2) is 13.1 Å². The van der Waals surface area contributed by atoms with Crippen molar-refractivity contribution in [1.29, 1.82) is 0 Å². The van der Waals surface area contributed by atoms with Crippen molar-refractivity contribution in [2.24, 2.45) is 17.1 Å². The molecule has 19 heavy (non-hydrogen) atoms. The van der Waals surface area contributed by atoms with Crippen LogP contribution in [0.3, 0.4) is 0 Å². The molecule has 2 fully saturated rings. The van der Waals surface area contributed by atoms with Gasteiger partial charge in [0.2, 0.25) is 0 Å². The summed E-state index contributed by atoms with van der Waals surface area (Å²) in [5.74, 6) is 0.727. The standard InChI is InChI=1S/C12H20N4O2S/c1-8-10(6-13)11(16-15-8)19(17,18)14-7-12(4-5-12)9-2-3-9/h9,14H,2-7,13H2,1H3,(H,15,16). The van der Waals surface area contributed by atoms with Gasteiger partial charge in [-0.3, -0.25) is 5.10 Å². The first-order chi connectivity index (χ1) is 8.98. The molecule has 2 aliphatic rings. The molecule has 2 saturated carbocycles. The van der Waals surface area contributed by atoms with Gasteiger partial charge < -0.3 is 5.73 Å². The molecule has 3 rings (SSSR count). The van der Waals surface area contributed by atoms with Crippen molar-refractivity contribution in [1.82, 2.24) is 14.9 Å². The van der Waals surface area contributed by atoms with E-state index in [9.17, 15) is 8.42 Å². The highest BCUT2D eigenvalue weighted by Crippen LogP contribution is 2.60. The van der Waals surface area contributed by atoms with Gasteiger partial charge in [0.15, 0.2) is 5.03 Å². The molecule has 0 unspecified atom stereocenters. The average molecular weight is 284 g/mol. The Morgan fingerprint density at radius 3 is 2.68 bits per heavy atom. The fourth-order valence-electron chi connectivity index (χ4n) is 2.79. The Morgan fingerprint density at radius 1 is 1.47 bits per heavy atom. The maximum Gasteiger partial charge on any atom is 0.260 e. The first kappa shape index (κ1) is 13.1. The minimum absolute atomic E-state index is 0.0547. The van der Waals surface area contributed by atoms with Gasteiger partial charge in [-0.1, -0.05) is 0 Å². The van der Waals surface area contributed by atoms with Crippen molar-refractivity contribution in [3.63, 3.8) is 0 Å². The monoisotopic (exact) mass is 284 g/mol. The lowest BCUT2D eigenvalue weighted by Crippen LogP contribution is -2.32. The minimum atomic E-state index is -3.55. The fourth-order valence-corrected chi connectivity index (χ4v) is 4.13. The number of sulfonamides is 1. The molecule has 0 atom stereocenters. The zero-order valence-corrected chi connectivity index (χ0v) is 11.9. The van der Waals surface area contributed by atoms with Crippen molar-refractivity contribution < 1.29 is 8.42 Å². The summed E-state index contributed by atoms with van der Waals surface area (Å²) in [7, 11) is -3.55. The van der Waals surface area contributed by atoms with E-state index >= 15 is 0 Å². The van der Waals surface area contributed by atoms with Crippen LogP contribution in [0.25, 0.3) is 0 Å². The molecular formula is C12H20N4O2S. The van der Waals surface area contributed by atoms with Crippen LogP contribution in [0, 0.1) is 18.3 Å². The second-order valence-corrected chi connectivity index (χ2v) is 7.48. The van der Waals surface area contributed by atoms with Crippen molar-refractivity contribution in [3.05, 3.63) is 11.3 Å². The lowest BCUT2D eigenvalue weighted by molar-refractivity contribution is 0.431. The Kier molecular flexibility index (Phi) is 2.95. The Hall–Kier alpha value is -0.920. The first-order valence-corrected chi connectivity index (χ1v) is 8.20. The number of rotatable bonds is 6. The van der Waals surface area contributed by atoms with Gasteiger partial charge >= 0.3 is 0 Å². The number of H-pyrrole nitrogens is 1. The molecule has 0 radical (unpaired) electrons. The summed E-state index contributed by atoms with van der Waals surface area (Å²) in [6.45, 7) is 2.49. The van der Waals surface area contributed by atoms with Crippen LogP contribution in [0.15, 0.2) is 5.03 Å². The van der Waals surface area contributed by atoms with Gasteiger partial charge in [0.05, 0.1) is 0 Å². The summed E-state index contributed by atoms with van der Waals surface area (Å²) in [6.07, 6.45) is 4.78. The number of aromatic amines is 1. The molecule has 1 aromatic heterocycles. The maximum atomic E-state index is 12.3. The molecule has 6 nitrogen and oxygen atoms in total. The van der Waals surface area contributed by atoms with Crippen molar-refractivity contribution in [3.8, 4) is 0 Å². The molecule has 1 heterocycles. The Morgan fingerprint density at radius 2 is 2.16 bits per heavy atom. The highest BCUT2D eigenvalue weighted by Gasteiger charge is 2.53. The van der Waals surface area contributed by atoms with Gasteiger partial charge in [0.25, 0.3) is 10.0 Å². The van der Waals surface area contributed by atoms with E-state index < -0.39 is 10.0 Å². The molecule has 1 aromatic rings. The second-order valence-electron chi connectivity index (χ2n) is 5.80. The van der Waals surface area contributed by atoms with E-state index in [1.54, 1.807) is 6.92 Å². The molecule has 106 valence electrons. The zero-order valence-electron chi connectivity index (χ0n) is 11.1. The maximum absolute atomic E-state index is 12.3. The molecule has 0 amide bonds. The van der Waals surface area contributed by atoms with Crippen LogP contribution in [-0.2, 0) is 16.6 Å². The SMILES string of the molecule is Cc1[nH]nc(S(=O)(=O)NCC2(C3CC3)CC2)c1CN. The Bertz CT molecular complexity index is 585. The third-order valence-corrected chi connectivity index (χ3v) is 5.82. The lowest BCUT2D eigenvalue weighted by Gasteiger charge is -2.14. The average Bonchev–Trinajstić information content (AvgIpc) is 3.23. The number of aryl methyl sites for hydroxylation is 1. The summed E-state index contributed by atoms with van der Waals surface area (Å²) in [6, 6.07) is 0. The second kappa shape index (κ2) is 4.29. The Balaban J connectivity index is 1.75. The normalized spacial score (nSPS) is 21.6. The highest BCUT2D eigenvalue weighted by atomic mass is 32.2. The van der Waals surface area contributed by atoms with Gasteiger partial charge in [0.1, 0.15) is 0 Å². The van der Waals surface area contributed by atoms with Crippen molar-refractivity contribution in [2.45, 2.75) is 44.2 Å². The van der Waals surface area contributed by atoms with E-state index in [0.29, 0.717) is 17.8 Å². The third kappa shape index (κ3) is 2.30. The Labute approximate surface area is 113 Å². The topological polar surface area (TPSA) is 101 Å². The number of nitrogens with two attached hydrogens (primary N) is 1. The predicted octanol–water partition coefficient (Wildman–Crippen LogP) is 0.645. The molecule has 2 aliphatic carbocycles. The number of nitrogens with one attached hydrogen (secondary N) is 2. The molecule has 0 aromatic carbocycles. The summed E-state index contributed by atoms with van der Waals surface area (Å²) in [5, 5.41) is 6.63. The molecule has 0 spiro atoms. The third-order valence-electron chi connectivity index (χ3n) is 4.44. The minimum Gasteiger partial charge on any atom is -0.326 e. The number of hydrogen-bond donors (Lipinski definition) is 3. The van der Waals surface area contributed by atoms with Gasteiger partial charge in [-0.15, -0.1) is 0 Å². The summed E-state index contributed by atoms with van der Waals surface area (Å²) >= 11 is 0. The van der Waals surface area contributed by atoms with Crippen LogP contribution in [0.4, 0.5) is 0 Å². The van der Waals surface area contributed by atoms with Crippen LogP contribution in [-0.4, -0.2) is 25.2 Å². The van der Waals surface area contributed by atoms with Crippen molar-refractivity contribution >= 4 is 10.0 Å². The van der Waals surface area contributed by atoms with E-state index in [1.165, 1.54) is 12.8 Å². The summed E-state index contributed by atoms with van der Waals surface area (Å²) in [5.41, 5.74) is 7.12. The fraction of sp³-hybridized carbons (Fsp3) is 0.750. The molecule has 0 aliphatic heterocycles. The van der Waals surface area contributed by atoms with Crippen molar-refractivity contribution in [2.75, 3.05) is 6.54 Å². The number of aromatic nitrogens is 2. The van der Waals surface area contributed by atoms with E-state index in [1.807, 2.05) is 0 Å². The van der Waals surface area contributed by atoms with Crippen LogP contribution in [0.2, 0.25) is 0 Å². The van der Waals surface area contributed by atoms with Crippen LogP contribution in [0.5, 0.6) is 0 Å². The largest absolute Gasteiger partial charge is 0.326 e. The summed E-state index contributed by atoms with van der Waals surface area (Å²) < 4.78 is 27.3. The van der Waals surface area contributed by atoms with Gasteiger partial charge in [-0.2, -0.15) is 5.10 Å². The van der Waals surface area contributed by atoms with E-state index in [0.717, 1.165) is 18.8 Å². The van der Waals surface area contributed by atoms with Gasteiger partial charge in [0, 0.05) is 24.3 Å². The molecular weight excluding hydrogens is 264 g/mol. The number of hydrogen-bond acceptors (Lipinski definition) is 4. The predicted molar refractivity (Wildman–Crippen MR) is 70.8 cm³/mol.